The van der Waals surface area contributed by atoms with Gasteiger partial charge in [-0.2, -0.15) is 0 Å². The first-order chi connectivity index (χ1) is 12.9. The van der Waals surface area contributed by atoms with Gasteiger partial charge in [0.25, 0.3) is 0 Å². The lowest BCUT2D eigenvalue weighted by Crippen LogP contribution is -2.81. The van der Waals surface area contributed by atoms with Gasteiger partial charge in [0.05, 0.1) is 11.3 Å². The molecule has 0 fully saturated rings. The van der Waals surface area contributed by atoms with Crippen LogP contribution in [0, 0.1) is 19.8 Å². The SMILES string of the molecule is CCC1=[NH+]N(c2ccccc2)C(=O)C1C=Nc1c(C)cc(C)cc1C(=O)O. The summed E-state index contributed by atoms with van der Waals surface area (Å²) < 4.78 is 0. The first-order valence-corrected chi connectivity index (χ1v) is 8.82. The highest BCUT2D eigenvalue weighted by atomic mass is 16.4. The maximum Gasteiger partial charge on any atom is 0.337 e. The van der Waals surface area contributed by atoms with Crippen LogP contribution in [0.1, 0.15) is 34.8 Å². The van der Waals surface area contributed by atoms with Gasteiger partial charge in [-0.3, -0.25) is 9.79 Å². The predicted molar refractivity (Wildman–Crippen MR) is 105 cm³/mol. The molecule has 1 heterocycles. The highest BCUT2D eigenvalue weighted by molar-refractivity contribution is 6.20. The number of rotatable bonds is 5. The Balaban J connectivity index is 1.95. The minimum Gasteiger partial charge on any atom is -0.478 e. The second kappa shape index (κ2) is 7.53. The van der Waals surface area contributed by atoms with Gasteiger partial charge in [-0.1, -0.05) is 36.2 Å². The van der Waals surface area contributed by atoms with Gasteiger partial charge >= 0.3 is 11.9 Å². The highest BCUT2D eigenvalue weighted by Gasteiger charge is 2.40. The summed E-state index contributed by atoms with van der Waals surface area (Å²) in [6, 6.07) is 12.8. The molecular formula is C21H22N3O3+. The number of aromatic carboxylic acids is 1. The summed E-state index contributed by atoms with van der Waals surface area (Å²) in [6.07, 6.45) is 2.20. The van der Waals surface area contributed by atoms with E-state index in [4.69, 9.17) is 0 Å². The van der Waals surface area contributed by atoms with Gasteiger partial charge in [-0.05, 0) is 43.2 Å². The van der Waals surface area contributed by atoms with Crippen LogP contribution in [0.25, 0.3) is 0 Å². The monoisotopic (exact) mass is 364 g/mol. The van der Waals surface area contributed by atoms with Crippen LogP contribution in [0.4, 0.5) is 11.4 Å². The minimum atomic E-state index is -1.03. The molecule has 2 N–H and O–H groups in total. The molecule has 2 aromatic rings. The first kappa shape index (κ1) is 18.5. The van der Waals surface area contributed by atoms with Gasteiger partial charge in [0.1, 0.15) is 5.69 Å². The molecular weight excluding hydrogens is 342 g/mol. The Kier molecular flexibility index (Phi) is 5.16. The Hall–Kier alpha value is -3.28. The number of carbonyl (C=O) groups excluding carboxylic acids is 1. The Labute approximate surface area is 157 Å². The maximum absolute atomic E-state index is 12.9. The largest absolute Gasteiger partial charge is 0.478 e. The van der Waals surface area contributed by atoms with Crippen molar-refractivity contribution in [3.8, 4) is 0 Å². The number of hydrogen-bond acceptors (Lipinski definition) is 3. The molecule has 0 radical (unpaired) electrons. The van der Waals surface area contributed by atoms with Crippen molar-refractivity contribution in [3.63, 3.8) is 0 Å². The molecule has 1 aliphatic heterocycles. The zero-order valence-electron chi connectivity index (χ0n) is 15.6. The number of benzene rings is 2. The van der Waals surface area contributed by atoms with Crippen molar-refractivity contribution in [3.05, 3.63) is 59.2 Å². The lowest BCUT2D eigenvalue weighted by atomic mass is 10.0. The number of hydrazine groups is 1. The number of aryl methyl sites for hydroxylation is 2. The number of carbonyl (C=O) groups is 2. The summed E-state index contributed by atoms with van der Waals surface area (Å²) in [4.78, 5) is 28.9. The molecule has 0 spiro atoms. The van der Waals surface area contributed by atoms with Crippen LogP contribution in [0.5, 0.6) is 0 Å². The molecule has 1 amide bonds. The molecule has 1 unspecified atom stereocenters. The van der Waals surface area contributed by atoms with E-state index < -0.39 is 11.9 Å². The van der Waals surface area contributed by atoms with Gasteiger partial charge in [-0.25, -0.2) is 4.79 Å². The van der Waals surface area contributed by atoms with E-state index in [1.54, 1.807) is 12.3 Å². The number of carboxylic acid groups (broad SMARTS) is 1. The van der Waals surface area contributed by atoms with Gasteiger partial charge in [0.2, 0.25) is 0 Å². The molecule has 0 saturated heterocycles. The van der Waals surface area contributed by atoms with Gasteiger partial charge in [0, 0.05) is 12.6 Å². The average Bonchev–Trinajstić information content (AvgIpc) is 2.97. The lowest BCUT2D eigenvalue weighted by molar-refractivity contribution is -0.456. The van der Waals surface area contributed by atoms with Crippen molar-refractivity contribution in [2.45, 2.75) is 27.2 Å². The minimum absolute atomic E-state index is 0.136. The third kappa shape index (κ3) is 3.65. The van der Waals surface area contributed by atoms with Crippen molar-refractivity contribution < 1.29 is 19.8 Å². The van der Waals surface area contributed by atoms with Crippen LogP contribution in [-0.2, 0) is 4.79 Å². The molecule has 1 atom stereocenters. The average molecular weight is 364 g/mol. The van der Waals surface area contributed by atoms with E-state index in [0.29, 0.717) is 12.1 Å². The Bertz CT molecular complexity index is 949. The van der Waals surface area contributed by atoms with Gasteiger partial charge < -0.3 is 5.11 Å². The van der Waals surface area contributed by atoms with Crippen molar-refractivity contribution in [2.24, 2.45) is 10.9 Å². The quantitative estimate of drug-likeness (QED) is 0.798. The topological polar surface area (TPSA) is 83.9 Å². The van der Waals surface area contributed by atoms with E-state index in [0.717, 1.165) is 22.5 Å². The second-order valence-electron chi connectivity index (χ2n) is 6.54. The third-order valence-corrected chi connectivity index (χ3v) is 4.54. The summed E-state index contributed by atoms with van der Waals surface area (Å²) in [6.45, 7) is 5.63. The molecule has 0 bridgehead atoms. The van der Waals surface area contributed by atoms with E-state index >= 15 is 0 Å². The van der Waals surface area contributed by atoms with E-state index in [2.05, 4.69) is 10.1 Å². The van der Waals surface area contributed by atoms with Crippen LogP contribution in [-0.4, -0.2) is 28.9 Å². The fourth-order valence-corrected chi connectivity index (χ4v) is 3.22. The standard InChI is InChI=1S/C21H21N3O3/c1-4-18-17(20(25)24(23-18)15-8-6-5-7-9-15)12-22-19-14(3)10-13(2)11-16(19)21(26)27/h5-12,17H,4H2,1-3H3,(H,26,27)/p+1. The van der Waals surface area contributed by atoms with Crippen molar-refractivity contribution in [1.29, 1.82) is 0 Å². The number of amides is 1. The number of nitrogens with zero attached hydrogens (tertiary/aromatic N) is 2. The lowest BCUT2D eigenvalue weighted by Gasteiger charge is -2.08. The zero-order valence-corrected chi connectivity index (χ0v) is 15.6. The van der Waals surface area contributed by atoms with Crippen LogP contribution in [0.2, 0.25) is 0 Å². The molecule has 2 aromatic carbocycles. The van der Waals surface area contributed by atoms with E-state index in [1.165, 1.54) is 5.01 Å². The normalized spacial score (nSPS) is 16.9. The zero-order chi connectivity index (χ0) is 19.6. The van der Waals surface area contributed by atoms with Crippen LogP contribution in [0.15, 0.2) is 47.5 Å². The Morgan fingerprint density at radius 1 is 1.26 bits per heavy atom. The van der Waals surface area contributed by atoms with Gasteiger partial charge in [-0.15, -0.1) is 5.10 Å². The smallest absolute Gasteiger partial charge is 0.337 e. The third-order valence-electron chi connectivity index (χ3n) is 4.54. The summed E-state index contributed by atoms with van der Waals surface area (Å²) in [5.41, 5.74) is 3.73. The molecule has 6 nitrogen and oxygen atoms in total. The van der Waals surface area contributed by atoms with E-state index in [-0.39, 0.29) is 11.5 Å². The number of carboxylic acids is 1. The maximum atomic E-state index is 12.9. The van der Waals surface area contributed by atoms with Crippen LogP contribution < -0.4 is 10.1 Å². The molecule has 27 heavy (non-hydrogen) atoms. The molecule has 3 rings (SSSR count). The molecule has 6 heteroatoms. The fourth-order valence-electron chi connectivity index (χ4n) is 3.22. The van der Waals surface area contributed by atoms with Crippen molar-refractivity contribution in [1.82, 2.24) is 0 Å². The van der Waals surface area contributed by atoms with Gasteiger partial charge in [0.15, 0.2) is 11.6 Å². The van der Waals surface area contributed by atoms with Crippen LogP contribution in [0.3, 0.4) is 0 Å². The number of anilines is 1. The Morgan fingerprint density at radius 3 is 2.59 bits per heavy atom. The number of aliphatic imine (C=N–C) groups is 1. The molecule has 0 saturated carbocycles. The summed E-state index contributed by atoms with van der Waals surface area (Å²) >= 11 is 0. The molecule has 138 valence electrons. The second-order valence-corrected chi connectivity index (χ2v) is 6.54. The number of para-hydroxylation sites is 1. The summed E-state index contributed by atoms with van der Waals surface area (Å²) in [7, 11) is 0. The summed E-state index contributed by atoms with van der Waals surface area (Å²) in [5, 5.41) is 14.1. The summed E-state index contributed by atoms with van der Waals surface area (Å²) in [5.74, 6) is -1.71. The van der Waals surface area contributed by atoms with E-state index in [9.17, 15) is 14.7 Å². The number of nitrogens with one attached hydrogen (secondary N) is 1. The van der Waals surface area contributed by atoms with Crippen LogP contribution >= 0.6 is 0 Å². The number of hydrazone groups is 1. The molecule has 1 aliphatic rings. The Morgan fingerprint density at radius 2 is 1.96 bits per heavy atom. The van der Waals surface area contributed by atoms with Crippen molar-refractivity contribution >= 4 is 35.2 Å². The number of hydrogen-bond donors (Lipinski definition) is 2. The predicted octanol–water partition coefficient (Wildman–Crippen LogP) is 2.21. The highest BCUT2D eigenvalue weighted by Crippen LogP contribution is 2.26. The van der Waals surface area contributed by atoms with E-state index in [1.807, 2.05) is 57.2 Å². The molecule has 0 aliphatic carbocycles. The van der Waals surface area contributed by atoms with Crippen molar-refractivity contribution in [2.75, 3.05) is 5.01 Å². The fraction of sp³-hybridized carbons (Fsp3) is 0.238. The first-order valence-electron chi connectivity index (χ1n) is 8.82. The molecule has 0 aromatic heterocycles.